The molecule has 0 saturated heterocycles. The summed E-state index contributed by atoms with van der Waals surface area (Å²) in [5.74, 6) is -0.774. The van der Waals surface area contributed by atoms with Gasteiger partial charge in [0.2, 0.25) is 0 Å². The van der Waals surface area contributed by atoms with Crippen molar-refractivity contribution >= 4 is 28.9 Å². The van der Waals surface area contributed by atoms with E-state index in [2.05, 4.69) is 5.32 Å². The van der Waals surface area contributed by atoms with Gasteiger partial charge in [-0.2, -0.15) is 13.2 Å². The van der Waals surface area contributed by atoms with Gasteiger partial charge in [0.15, 0.2) is 0 Å². The zero-order valence-electron chi connectivity index (χ0n) is 15.4. The number of nitro benzene ring substituents is 1. The fourth-order valence-electron chi connectivity index (χ4n) is 2.82. The molecule has 3 aromatic carbocycles. The number of benzene rings is 3. The number of rotatable bonds is 5. The molecule has 0 fully saturated rings. The van der Waals surface area contributed by atoms with Crippen molar-refractivity contribution in [2.45, 2.75) is 6.18 Å². The number of hydrogen-bond donors (Lipinski definition) is 1. The molecule has 0 aliphatic carbocycles. The van der Waals surface area contributed by atoms with Gasteiger partial charge >= 0.3 is 6.18 Å². The average molecular weight is 412 g/mol. The zero-order valence-corrected chi connectivity index (χ0v) is 15.4. The van der Waals surface area contributed by atoms with Crippen LogP contribution in [0.2, 0.25) is 0 Å². The Hall–Kier alpha value is -3.94. The zero-order chi connectivity index (χ0) is 21.7. The first-order valence-electron chi connectivity index (χ1n) is 8.75. The third-order valence-corrected chi connectivity index (χ3v) is 4.20. The first-order valence-corrected chi connectivity index (χ1v) is 8.75. The minimum atomic E-state index is -4.64. The molecule has 0 atom stereocenters. The Balaban J connectivity index is 2.04. The molecule has 1 N–H and O–H groups in total. The highest BCUT2D eigenvalue weighted by Gasteiger charge is 2.33. The molecule has 8 heteroatoms. The van der Waals surface area contributed by atoms with Crippen LogP contribution in [0.15, 0.2) is 78.9 Å². The van der Waals surface area contributed by atoms with Crippen molar-refractivity contribution in [1.82, 2.24) is 0 Å². The number of carbonyl (C=O) groups excluding carboxylic acids is 1. The Kier molecular flexibility index (Phi) is 5.96. The number of carbonyl (C=O) groups is 1. The summed E-state index contributed by atoms with van der Waals surface area (Å²) >= 11 is 0. The Morgan fingerprint density at radius 2 is 1.60 bits per heavy atom. The van der Waals surface area contributed by atoms with Crippen molar-refractivity contribution in [2.24, 2.45) is 0 Å². The van der Waals surface area contributed by atoms with Crippen LogP contribution < -0.4 is 5.32 Å². The number of nitrogens with zero attached hydrogens (tertiary/aromatic N) is 1. The number of nitrogens with one attached hydrogen (secondary N) is 1. The lowest BCUT2D eigenvalue weighted by Gasteiger charge is -2.15. The van der Waals surface area contributed by atoms with Gasteiger partial charge in [-0.05, 0) is 29.3 Å². The standard InChI is InChI=1S/C22H15F3N2O3/c23-22(24,25)19-11-4-5-12-20(19)26-21(28)18(16-8-2-1-3-9-16)14-15-7-6-10-17(13-15)27(29)30/h1-14H,(H,26,28). The minimum Gasteiger partial charge on any atom is -0.321 e. The highest BCUT2D eigenvalue weighted by Crippen LogP contribution is 2.35. The lowest BCUT2D eigenvalue weighted by molar-refractivity contribution is -0.384. The van der Waals surface area contributed by atoms with Crippen molar-refractivity contribution < 1.29 is 22.9 Å². The van der Waals surface area contributed by atoms with Gasteiger partial charge in [0.25, 0.3) is 11.6 Å². The van der Waals surface area contributed by atoms with Gasteiger partial charge in [0, 0.05) is 17.7 Å². The summed E-state index contributed by atoms with van der Waals surface area (Å²) in [4.78, 5) is 23.4. The maximum absolute atomic E-state index is 13.3. The number of non-ortho nitro benzene ring substituents is 1. The number of alkyl halides is 3. The van der Waals surface area contributed by atoms with E-state index in [4.69, 9.17) is 0 Å². The van der Waals surface area contributed by atoms with Crippen molar-refractivity contribution in [3.8, 4) is 0 Å². The van der Waals surface area contributed by atoms with E-state index in [0.29, 0.717) is 11.1 Å². The highest BCUT2D eigenvalue weighted by molar-refractivity contribution is 6.29. The van der Waals surface area contributed by atoms with Gasteiger partial charge in [-0.15, -0.1) is 0 Å². The van der Waals surface area contributed by atoms with E-state index < -0.39 is 22.6 Å². The number of para-hydroxylation sites is 1. The van der Waals surface area contributed by atoms with Crippen LogP contribution >= 0.6 is 0 Å². The number of nitro groups is 1. The van der Waals surface area contributed by atoms with E-state index >= 15 is 0 Å². The van der Waals surface area contributed by atoms with Gasteiger partial charge in [0.1, 0.15) is 0 Å². The molecule has 0 spiro atoms. The Morgan fingerprint density at radius 3 is 2.27 bits per heavy atom. The normalized spacial score (nSPS) is 11.8. The largest absolute Gasteiger partial charge is 0.418 e. The van der Waals surface area contributed by atoms with E-state index in [-0.39, 0.29) is 16.9 Å². The molecule has 1 amide bonds. The van der Waals surface area contributed by atoms with E-state index in [1.54, 1.807) is 36.4 Å². The van der Waals surface area contributed by atoms with E-state index in [1.807, 2.05) is 0 Å². The molecule has 0 heterocycles. The molecular formula is C22H15F3N2O3. The summed E-state index contributed by atoms with van der Waals surface area (Å²) in [5.41, 5.74) is -0.641. The van der Waals surface area contributed by atoms with E-state index in [1.165, 1.54) is 36.4 Å². The van der Waals surface area contributed by atoms with Crippen LogP contribution in [0, 0.1) is 10.1 Å². The second-order valence-electron chi connectivity index (χ2n) is 6.27. The molecule has 0 bridgehead atoms. The summed E-state index contributed by atoms with van der Waals surface area (Å²) < 4.78 is 39.8. The topological polar surface area (TPSA) is 72.2 Å². The van der Waals surface area contributed by atoms with Crippen LogP contribution in [-0.4, -0.2) is 10.8 Å². The van der Waals surface area contributed by atoms with E-state index in [0.717, 1.165) is 12.1 Å². The van der Waals surface area contributed by atoms with Gasteiger partial charge < -0.3 is 5.32 Å². The lowest BCUT2D eigenvalue weighted by atomic mass is 10.0. The molecule has 152 valence electrons. The fraction of sp³-hybridized carbons (Fsp3) is 0.0455. The second-order valence-corrected chi connectivity index (χ2v) is 6.27. The van der Waals surface area contributed by atoms with Crippen LogP contribution in [-0.2, 0) is 11.0 Å². The molecular weight excluding hydrogens is 397 g/mol. The SMILES string of the molecule is O=C(Nc1ccccc1C(F)(F)F)C(=Cc1cccc([N+](=O)[O-])c1)c1ccccc1. The molecule has 30 heavy (non-hydrogen) atoms. The highest BCUT2D eigenvalue weighted by atomic mass is 19.4. The smallest absolute Gasteiger partial charge is 0.321 e. The van der Waals surface area contributed by atoms with Crippen LogP contribution in [0.4, 0.5) is 24.5 Å². The van der Waals surface area contributed by atoms with Crippen molar-refractivity contribution in [3.63, 3.8) is 0 Å². The first kappa shape index (κ1) is 20.8. The number of halogens is 3. The molecule has 0 aromatic heterocycles. The predicted octanol–water partition coefficient (Wildman–Crippen LogP) is 5.79. The minimum absolute atomic E-state index is 0.0630. The Morgan fingerprint density at radius 1 is 0.933 bits per heavy atom. The average Bonchev–Trinajstić information content (AvgIpc) is 2.72. The molecule has 0 aliphatic rings. The number of amides is 1. The van der Waals surface area contributed by atoms with Gasteiger partial charge in [-0.25, -0.2) is 0 Å². The molecule has 3 aromatic rings. The summed E-state index contributed by atoms with van der Waals surface area (Å²) in [7, 11) is 0. The predicted molar refractivity (Wildman–Crippen MR) is 107 cm³/mol. The van der Waals surface area contributed by atoms with Gasteiger partial charge in [-0.3, -0.25) is 14.9 Å². The quantitative estimate of drug-likeness (QED) is 0.249. The van der Waals surface area contributed by atoms with Gasteiger partial charge in [-0.1, -0.05) is 54.6 Å². The Labute approximate surface area is 169 Å². The third-order valence-electron chi connectivity index (χ3n) is 4.20. The summed E-state index contributed by atoms with van der Waals surface area (Å²) in [6, 6.07) is 18.6. The molecule has 0 unspecified atom stereocenters. The molecule has 0 saturated carbocycles. The summed E-state index contributed by atoms with van der Waals surface area (Å²) in [5, 5.41) is 13.3. The van der Waals surface area contributed by atoms with Crippen LogP contribution in [0.1, 0.15) is 16.7 Å². The fourth-order valence-corrected chi connectivity index (χ4v) is 2.82. The molecule has 0 radical (unpaired) electrons. The maximum Gasteiger partial charge on any atom is 0.418 e. The Bertz CT molecular complexity index is 1110. The molecule has 5 nitrogen and oxygen atoms in total. The number of hydrogen-bond acceptors (Lipinski definition) is 3. The van der Waals surface area contributed by atoms with Crippen LogP contribution in [0.3, 0.4) is 0 Å². The monoisotopic (exact) mass is 412 g/mol. The van der Waals surface area contributed by atoms with E-state index in [9.17, 15) is 28.1 Å². The number of anilines is 1. The summed E-state index contributed by atoms with van der Waals surface area (Å²) in [6.45, 7) is 0. The molecule has 0 aliphatic heterocycles. The lowest BCUT2D eigenvalue weighted by Crippen LogP contribution is -2.17. The maximum atomic E-state index is 13.3. The summed E-state index contributed by atoms with van der Waals surface area (Å²) in [6.07, 6.45) is -3.24. The van der Waals surface area contributed by atoms with Crippen molar-refractivity contribution in [2.75, 3.05) is 5.32 Å². The van der Waals surface area contributed by atoms with Crippen LogP contribution in [0.25, 0.3) is 11.6 Å². The third kappa shape index (κ3) is 4.91. The second kappa shape index (κ2) is 8.60. The molecule has 3 rings (SSSR count). The van der Waals surface area contributed by atoms with Crippen molar-refractivity contribution in [1.29, 1.82) is 0 Å². The first-order chi connectivity index (χ1) is 14.3. The van der Waals surface area contributed by atoms with Crippen molar-refractivity contribution in [3.05, 3.63) is 106 Å². The van der Waals surface area contributed by atoms with Crippen LogP contribution in [0.5, 0.6) is 0 Å². The van der Waals surface area contributed by atoms with Gasteiger partial charge in [0.05, 0.1) is 16.2 Å².